The fraction of sp³-hybridized carbons (Fsp3) is 0.200. The largest absolute Gasteiger partial charge is 0.393 e. The van der Waals surface area contributed by atoms with E-state index in [1.165, 1.54) is 6.21 Å². The summed E-state index contributed by atoms with van der Waals surface area (Å²) in [5.41, 5.74) is 5.29. The van der Waals surface area contributed by atoms with Crippen LogP contribution in [0.15, 0.2) is 48.7 Å². The molecule has 0 unspecified atom stereocenters. The molecule has 1 atom stereocenters. The normalized spacial score (nSPS) is 16.6. The second kappa shape index (κ2) is 7.74. The van der Waals surface area contributed by atoms with Gasteiger partial charge in [-0.15, -0.1) is 0 Å². The van der Waals surface area contributed by atoms with E-state index in [2.05, 4.69) is 21.3 Å². The van der Waals surface area contributed by atoms with Crippen molar-refractivity contribution in [1.82, 2.24) is 5.32 Å². The maximum Gasteiger partial charge on any atom is 0.226 e. The van der Waals surface area contributed by atoms with E-state index in [0.717, 1.165) is 33.9 Å². The van der Waals surface area contributed by atoms with Gasteiger partial charge in [-0.2, -0.15) is 0 Å². The van der Waals surface area contributed by atoms with Crippen molar-refractivity contribution in [3.05, 3.63) is 54.2 Å². The Hall–Kier alpha value is -3.28. The van der Waals surface area contributed by atoms with E-state index >= 15 is 0 Å². The molecule has 6 nitrogen and oxygen atoms in total. The number of para-hydroxylation sites is 1. The molecule has 5 N–H and O–H groups in total. The number of carbonyl (C=O) groups excluding carboxylic acids is 1. The molecule has 0 aromatic heterocycles. The number of amides is 1. The summed E-state index contributed by atoms with van der Waals surface area (Å²) in [4.78, 5) is 11.9. The number of nitrogens with one attached hydrogen (secondary N) is 5. The van der Waals surface area contributed by atoms with Gasteiger partial charge in [-0.1, -0.05) is 18.2 Å². The molecule has 1 heterocycles. The average Bonchev–Trinajstić information content (AvgIpc) is 2.77. The van der Waals surface area contributed by atoms with Crippen LogP contribution in [-0.2, 0) is 4.79 Å². The van der Waals surface area contributed by atoms with Crippen LogP contribution in [0.3, 0.4) is 0 Å². The topological polar surface area (TPSA) is 89.0 Å². The van der Waals surface area contributed by atoms with Crippen molar-refractivity contribution in [3.63, 3.8) is 0 Å². The Labute approximate surface area is 153 Å². The van der Waals surface area contributed by atoms with E-state index < -0.39 is 0 Å². The first-order valence-electron chi connectivity index (χ1n) is 8.55. The van der Waals surface area contributed by atoms with Gasteiger partial charge in [0.1, 0.15) is 0 Å². The standard InChI is InChI=1S/C20H23N5O/c1-13-10-19(26)25-18-5-3-4-17(20(18)23-13)24-16-8-6-14(7-9-16)15(11-21)12-22-2/h3-9,11-13,21-24H,10H2,1-2H3,(H,25,26)/b15-12+,21-11?/t13-/m1/s1. The van der Waals surface area contributed by atoms with Gasteiger partial charge in [0.15, 0.2) is 0 Å². The highest BCUT2D eigenvalue weighted by atomic mass is 16.1. The summed E-state index contributed by atoms with van der Waals surface area (Å²) in [6.07, 6.45) is 3.55. The monoisotopic (exact) mass is 349 g/mol. The van der Waals surface area contributed by atoms with Crippen LogP contribution in [0.1, 0.15) is 18.9 Å². The third-order valence-corrected chi connectivity index (χ3v) is 4.17. The van der Waals surface area contributed by atoms with Crippen molar-refractivity contribution >= 4 is 40.4 Å². The molecule has 0 saturated carbocycles. The number of anilines is 4. The van der Waals surface area contributed by atoms with Crippen molar-refractivity contribution in [2.24, 2.45) is 0 Å². The van der Waals surface area contributed by atoms with Gasteiger partial charge < -0.3 is 26.7 Å². The summed E-state index contributed by atoms with van der Waals surface area (Å²) in [7, 11) is 1.81. The van der Waals surface area contributed by atoms with Crippen molar-refractivity contribution in [1.29, 1.82) is 5.41 Å². The Bertz CT molecular complexity index is 842. The number of fused-ring (bicyclic) bond motifs is 1. The number of rotatable bonds is 5. The summed E-state index contributed by atoms with van der Waals surface area (Å²) >= 11 is 0. The third kappa shape index (κ3) is 3.85. The molecule has 2 aromatic carbocycles. The van der Waals surface area contributed by atoms with Gasteiger partial charge in [-0.25, -0.2) is 0 Å². The lowest BCUT2D eigenvalue weighted by molar-refractivity contribution is -0.116. The molecule has 134 valence electrons. The molecule has 2 aromatic rings. The first-order chi connectivity index (χ1) is 12.6. The van der Waals surface area contributed by atoms with Crippen molar-refractivity contribution in [3.8, 4) is 0 Å². The molecule has 0 saturated heterocycles. The van der Waals surface area contributed by atoms with Crippen LogP contribution in [0.25, 0.3) is 5.57 Å². The summed E-state index contributed by atoms with van der Waals surface area (Å²) in [6.45, 7) is 1.99. The molecule has 0 bridgehead atoms. The van der Waals surface area contributed by atoms with Gasteiger partial charge >= 0.3 is 0 Å². The van der Waals surface area contributed by atoms with E-state index in [-0.39, 0.29) is 11.9 Å². The maximum atomic E-state index is 11.9. The minimum atomic E-state index is 0.0146. The molecule has 6 heteroatoms. The van der Waals surface area contributed by atoms with Gasteiger partial charge in [-0.05, 0) is 36.8 Å². The fourth-order valence-corrected chi connectivity index (χ4v) is 2.96. The van der Waals surface area contributed by atoms with Gasteiger partial charge in [0.25, 0.3) is 0 Å². The number of carbonyl (C=O) groups is 1. The molecule has 0 spiro atoms. The van der Waals surface area contributed by atoms with Gasteiger partial charge in [-0.3, -0.25) is 4.79 Å². The molecular weight excluding hydrogens is 326 g/mol. The predicted molar refractivity (Wildman–Crippen MR) is 108 cm³/mol. The predicted octanol–water partition coefficient (Wildman–Crippen LogP) is 3.78. The smallest absolute Gasteiger partial charge is 0.226 e. The van der Waals surface area contributed by atoms with Crippen molar-refractivity contribution < 1.29 is 4.79 Å². The zero-order valence-corrected chi connectivity index (χ0v) is 14.9. The van der Waals surface area contributed by atoms with E-state index in [0.29, 0.717) is 6.42 Å². The zero-order valence-electron chi connectivity index (χ0n) is 14.9. The molecular formula is C20H23N5O. The maximum absolute atomic E-state index is 11.9. The van der Waals surface area contributed by atoms with Crippen LogP contribution < -0.4 is 21.3 Å². The van der Waals surface area contributed by atoms with Crippen LogP contribution in [0.2, 0.25) is 0 Å². The van der Waals surface area contributed by atoms with Crippen LogP contribution in [0.4, 0.5) is 22.7 Å². The lowest BCUT2D eigenvalue weighted by Crippen LogP contribution is -2.19. The number of benzene rings is 2. The van der Waals surface area contributed by atoms with Gasteiger partial charge in [0.2, 0.25) is 5.91 Å². The molecule has 1 amide bonds. The van der Waals surface area contributed by atoms with Crippen LogP contribution in [0.5, 0.6) is 0 Å². The molecule has 26 heavy (non-hydrogen) atoms. The Morgan fingerprint density at radius 3 is 2.69 bits per heavy atom. The highest BCUT2D eigenvalue weighted by molar-refractivity contribution is 6.08. The highest BCUT2D eigenvalue weighted by Crippen LogP contribution is 2.35. The average molecular weight is 349 g/mol. The Morgan fingerprint density at radius 1 is 1.23 bits per heavy atom. The van der Waals surface area contributed by atoms with E-state index in [4.69, 9.17) is 5.41 Å². The molecule has 1 aliphatic rings. The van der Waals surface area contributed by atoms with Gasteiger partial charge in [0, 0.05) is 43.2 Å². The fourth-order valence-electron chi connectivity index (χ4n) is 2.96. The van der Waals surface area contributed by atoms with Crippen LogP contribution >= 0.6 is 0 Å². The minimum Gasteiger partial charge on any atom is -0.393 e. The summed E-state index contributed by atoms with van der Waals surface area (Å²) in [6, 6.07) is 13.7. The first kappa shape index (κ1) is 17.5. The molecule has 0 aliphatic carbocycles. The second-order valence-corrected chi connectivity index (χ2v) is 6.26. The molecule has 1 aliphatic heterocycles. The molecule has 3 rings (SSSR count). The highest BCUT2D eigenvalue weighted by Gasteiger charge is 2.19. The van der Waals surface area contributed by atoms with E-state index in [1.54, 1.807) is 6.20 Å². The van der Waals surface area contributed by atoms with Crippen LogP contribution in [0, 0.1) is 5.41 Å². The first-order valence-corrected chi connectivity index (χ1v) is 8.55. The number of hydrogen-bond donors (Lipinski definition) is 5. The zero-order chi connectivity index (χ0) is 18.5. The second-order valence-electron chi connectivity index (χ2n) is 6.26. The number of allylic oxidation sites excluding steroid dienone is 1. The lowest BCUT2D eigenvalue weighted by Gasteiger charge is -2.18. The van der Waals surface area contributed by atoms with Crippen LogP contribution in [-0.4, -0.2) is 25.2 Å². The summed E-state index contributed by atoms with van der Waals surface area (Å²) in [5.74, 6) is 0.0146. The van der Waals surface area contributed by atoms with Gasteiger partial charge in [0.05, 0.1) is 17.1 Å². The van der Waals surface area contributed by atoms with Crippen molar-refractivity contribution in [2.75, 3.05) is 23.0 Å². The van der Waals surface area contributed by atoms with E-state index in [9.17, 15) is 4.79 Å². The molecule has 0 fully saturated rings. The van der Waals surface area contributed by atoms with Crippen molar-refractivity contribution in [2.45, 2.75) is 19.4 Å². The quantitative estimate of drug-likeness (QED) is 0.532. The minimum absolute atomic E-state index is 0.0146. The summed E-state index contributed by atoms with van der Waals surface area (Å²) < 4.78 is 0. The molecule has 0 radical (unpaired) electrons. The Morgan fingerprint density at radius 2 is 2.00 bits per heavy atom. The Balaban J connectivity index is 1.86. The van der Waals surface area contributed by atoms with E-state index in [1.807, 2.05) is 56.4 Å². The SMILES string of the molecule is CN/C=C(\C=N)c1ccc(Nc2cccc3c2N[C@H](C)CC(=O)N3)cc1. The third-order valence-electron chi connectivity index (χ3n) is 4.17. The summed E-state index contributed by atoms with van der Waals surface area (Å²) in [5, 5.41) is 20.2. The number of hydrogen-bond acceptors (Lipinski definition) is 5. The Kier molecular flexibility index (Phi) is 5.22. The lowest BCUT2D eigenvalue weighted by atomic mass is 10.1.